The lowest BCUT2D eigenvalue weighted by atomic mass is 9.81. The van der Waals surface area contributed by atoms with Crippen LogP contribution in [-0.4, -0.2) is 41.2 Å². The van der Waals surface area contributed by atoms with Crippen molar-refractivity contribution in [1.82, 2.24) is 10.2 Å². The van der Waals surface area contributed by atoms with Crippen molar-refractivity contribution in [2.24, 2.45) is 0 Å². The second-order valence-corrected chi connectivity index (χ2v) is 9.19. The van der Waals surface area contributed by atoms with Gasteiger partial charge in [-0.3, -0.25) is 9.69 Å². The molecule has 1 saturated heterocycles. The first-order valence-corrected chi connectivity index (χ1v) is 11.3. The number of carbonyl (C=O) groups excluding carboxylic acids is 1. The zero-order valence-electron chi connectivity index (χ0n) is 17.8. The van der Waals surface area contributed by atoms with E-state index in [2.05, 4.69) is 22.3 Å². The molecule has 1 aliphatic heterocycles. The molecule has 1 amide bonds. The maximum atomic E-state index is 13.0. The lowest BCUT2D eigenvalue weighted by Gasteiger charge is -2.48. The number of carbonyl (C=O) groups is 1. The normalized spacial score (nSPS) is 24.0. The van der Waals surface area contributed by atoms with Gasteiger partial charge in [-0.25, -0.2) is 0 Å². The van der Waals surface area contributed by atoms with Crippen molar-refractivity contribution >= 4 is 17.2 Å². The van der Waals surface area contributed by atoms with Crippen molar-refractivity contribution in [3.05, 3.63) is 88.1 Å². The van der Waals surface area contributed by atoms with Gasteiger partial charge in [0.05, 0.1) is 24.8 Å². The predicted molar refractivity (Wildman–Crippen MR) is 123 cm³/mol. The number of aliphatic hydroxyl groups is 1. The molecular weight excluding hydrogens is 408 g/mol. The Labute approximate surface area is 187 Å². The third kappa shape index (κ3) is 4.82. The number of likely N-dealkylation sites (tertiary alicyclic amines) is 1. The number of nitrogens with one attached hydrogen (secondary N) is 1. The highest BCUT2D eigenvalue weighted by molar-refractivity contribution is 7.10. The van der Waals surface area contributed by atoms with Crippen LogP contribution in [-0.2, 0) is 6.54 Å². The van der Waals surface area contributed by atoms with Gasteiger partial charge in [0.25, 0.3) is 5.91 Å². The average Bonchev–Trinajstić information content (AvgIpc) is 3.31. The van der Waals surface area contributed by atoms with Crippen LogP contribution in [0.1, 0.15) is 40.2 Å². The van der Waals surface area contributed by atoms with Crippen molar-refractivity contribution in [2.45, 2.75) is 37.6 Å². The second kappa shape index (κ2) is 9.22. The van der Waals surface area contributed by atoms with Gasteiger partial charge in [-0.2, -0.15) is 0 Å². The molecule has 0 unspecified atom stereocenters. The number of benzene rings is 2. The minimum absolute atomic E-state index is 0.136. The highest BCUT2D eigenvalue weighted by Crippen LogP contribution is 2.40. The van der Waals surface area contributed by atoms with Crippen molar-refractivity contribution in [3.63, 3.8) is 0 Å². The Morgan fingerprint density at radius 1 is 1.19 bits per heavy atom. The van der Waals surface area contributed by atoms with E-state index in [9.17, 15) is 9.90 Å². The van der Waals surface area contributed by atoms with E-state index >= 15 is 0 Å². The summed E-state index contributed by atoms with van der Waals surface area (Å²) in [6.45, 7) is 3.25. The number of nitrogens with zero attached hydrogens (tertiary/aromatic N) is 1. The summed E-state index contributed by atoms with van der Waals surface area (Å²) in [6.07, 6.45) is 0.568. The fourth-order valence-corrected chi connectivity index (χ4v) is 5.15. The molecule has 0 bridgehead atoms. The SMILES string of the molecule is COc1cccc(CN2CC[C@@](C)(O)[C@@H](NC(=O)c3ccccc3)[C@@H]2c2cccs2)c1. The monoisotopic (exact) mass is 436 g/mol. The van der Waals surface area contributed by atoms with Gasteiger partial charge >= 0.3 is 0 Å². The lowest BCUT2D eigenvalue weighted by molar-refractivity contribution is -0.0656. The number of ether oxygens (including phenoxy) is 1. The van der Waals surface area contributed by atoms with Crippen molar-refractivity contribution < 1.29 is 14.6 Å². The third-order valence-corrected chi connectivity index (χ3v) is 6.90. The van der Waals surface area contributed by atoms with Gasteiger partial charge in [-0.1, -0.05) is 36.4 Å². The molecule has 3 aromatic rings. The molecule has 31 heavy (non-hydrogen) atoms. The molecule has 0 saturated carbocycles. The van der Waals surface area contributed by atoms with Gasteiger partial charge in [0.15, 0.2) is 0 Å². The maximum absolute atomic E-state index is 13.0. The number of piperidine rings is 1. The maximum Gasteiger partial charge on any atom is 0.251 e. The third-order valence-electron chi connectivity index (χ3n) is 5.96. The molecular formula is C25H28N2O3S. The van der Waals surface area contributed by atoms with Crippen molar-refractivity contribution in [2.75, 3.05) is 13.7 Å². The minimum atomic E-state index is -1.02. The Balaban J connectivity index is 1.65. The first kappa shape index (κ1) is 21.6. The Morgan fingerprint density at radius 2 is 2.00 bits per heavy atom. The van der Waals surface area contributed by atoms with Crippen LogP contribution >= 0.6 is 11.3 Å². The minimum Gasteiger partial charge on any atom is -0.497 e. The number of hydrogen-bond acceptors (Lipinski definition) is 5. The quantitative estimate of drug-likeness (QED) is 0.606. The Morgan fingerprint density at radius 3 is 2.71 bits per heavy atom. The van der Waals surface area contributed by atoms with Gasteiger partial charge in [-0.05, 0) is 54.6 Å². The van der Waals surface area contributed by atoms with E-state index in [-0.39, 0.29) is 11.9 Å². The van der Waals surface area contributed by atoms with Crippen LogP contribution in [0.15, 0.2) is 72.1 Å². The largest absolute Gasteiger partial charge is 0.497 e. The summed E-state index contributed by atoms with van der Waals surface area (Å²) in [5.41, 5.74) is 0.702. The molecule has 0 spiro atoms. The number of thiophene rings is 1. The Hall–Kier alpha value is -2.67. The van der Waals surface area contributed by atoms with E-state index in [1.807, 2.05) is 54.8 Å². The summed E-state index contributed by atoms with van der Waals surface area (Å²) in [4.78, 5) is 16.5. The molecule has 1 aromatic heterocycles. The molecule has 2 aromatic carbocycles. The Kier molecular flexibility index (Phi) is 6.41. The van der Waals surface area contributed by atoms with E-state index in [1.165, 1.54) is 0 Å². The highest BCUT2D eigenvalue weighted by Gasteiger charge is 2.46. The fourth-order valence-electron chi connectivity index (χ4n) is 4.25. The first-order valence-electron chi connectivity index (χ1n) is 10.5. The van der Waals surface area contributed by atoms with Gasteiger partial charge in [0, 0.05) is 23.5 Å². The van der Waals surface area contributed by atoms with Crippen LogP contribution in [0.25, 0.3) is 0 Å². The van der Waals surface area contributed by atoms with Crippen LogP contribution in [0.4, 0.5) is 0 Å². The number of methoxy groups -OCH3 is 1. The van der Waals surface area contributed by atoms with E-state index in [0.717, 1.165) is 22.7 Å². The van der Waals surface area contributed by atoms with Crippen LogP contribution < -0.4 is 10.1 Å². The van der Waals surface area contributed by atoms with E-state index in [0.29, 0.717) is 18.5 Å². The van der Waals surface area contributed by atoms with E-state index < -0.39 is 11.6 Å². The first-order chi connectivity index (χ1) is 15.0. The second-order valence-electron chi connectivity index (χ2n) is 8.21. The van der Waals surface area contributed by atoms with Crippen LogP contribution in [0.5, 0.6) is 5.75 Å². The molecule has 4 rings (SSSR count). The van der Waals surface area contributed by atoms with Crippen molar-refractivity contribution in [3.8, 4) is 5.75 Å². The lowest BCUT2D eigenvalue weighted by Crippen LogP contribution is -2.62. The van der Waals surface area contributed by atoms with Crippen LogP contribution in [0.3, 0.4) is 0 Å². The van der Waals surface area contributed by atoms with E-state index in [4.69, 9.17) is 4.74 Å². The number of rotatable bonds is 6. The smallest absolute Gasteiger partial charge is 0.251 e. The zero-order chi connectivity index (χ0) is 21.8. The summed E-state index contributed by atoms with van der Waals surface area (Å²) in [7, 11) is 1.67. The number of amides is 1. The summed E-state index contributed by atoms with van der Waals surface area (Å²) in [6, 6.07) is 20.7. The molecule has 1 aliphatic rings. The fraction of sp³-hybridized carbons (Fsp3) is 0.320. The van der Waals surface area contributed by atoms with Gasteiger partial charge < -0.3 is 15.2 Å². The molecule has 162 valence electrons. The molecule has 0 radical (unpaired) electrons. The summed E-state index contributed by atoms with van der Waals surface area (Å²) in [5, 5.41) is 16.5. The molecule has 2 N–H and O–H groups in total. The predicted octanol–water partition coefficient (Wildman–Crippen LogP) is 4.25. The molecule has 5 nitrogen and oxygen atoms in total. The summed E-state index contributed by atoms with van der Waals surface area (Å²) < 4.78 is 5.39. The average molecular weight is 437 g/mol. The zero-order valence-corrected chi connectivity index (χ0v) is 18.6. The molecule has 0 aliphatic carbocycles. The topological polar surface area (TPSA) is 61.8 Å². The molecule has 2 heterocycles. The van der Waals surface area contributed by atoms with Crippen LogP contribution in [0.2, 0.25) is 0 Å². The van der Waals surface area contributed by atoms with Gasteiger partial charge in [-0.15, -0.1) is 11.3 Å². The Bertz CT molecular complexity index is 1000. The van der Waals surface area contributed by atoms with Crippen molar-refractivity contribution in [1.29, 1.82) is 0 Å². The highest BCUT2D eigenvalue weighted by atomic mass is 32.1. The molecule has 3 atom stereocenters. The molecule has 6 heteroatoms. The van der Waals surface area contributed by atoms with E-state index in [1.54, 1.807) is 30.6 Å². The van der Waals surface area contributed by atoms with Gasteiger partial charge in [0.2, 0.25) is 0 Å². The van der Waals surface area contributed by atoms with Crippen LogP contribution in [0, 0.1) is 0 Å². The van der Waals surface area contributed by atoms with Gasteiger partial charge in [0.1, 0.15) is 5.75 Å². The molecule has 1 fully saturated rings. The number of hydrogen-bond donors (Lipinski definition) is 2. The summed E-state index contributed by atoms with van der Waals surface area (Å²) >= 11 is 1.65. The summed E-state index contributed by atoms with van der Waals surface area (Å²) in [5.74, 6) is 0.652. The standard InChI is InChI=1S/C25H28N2O3S/c1-25(29)13-14-27(17-18-8-6-11-20(16-18)30-2)22(21-12-7-15-31-21)23(25)26-24(28)19-9-4-3-5-10-19/h3-12,15-16,22-23,29H,13-14,17H2,1-2H3,(H,26,28)/t22-,23-,25+/m0/s1.